The summed E-state index contributed by atoms with van der Waals surface area (Å²) in [5, 5.41) is 1.11. The number of hydrogen-bond acceptors (Lipinski definition) is 4. The number of pyridine rings is 1. The highest BCUT2D eigenvalue weighted by atomic mass is 19.1. The maximum atomic E-state index is 13.1. The first-order valence-electron chi connectivity index (χ1n) is 12.0. The lowest BCUT2D eigenvalue weighted by molar-refractivity contribution is 0.225. The Hall–Kier alpha value is -3.44. The fraction of sp³-hybridized carbons (Fsp3) is 0.276. The number of nitrogens with zero attached hydrogens (tertiary/aromatic N) is 3. The second kappa shape index (κ2) is 10.7. The minimum atomic E-state index is -0.187. The van der Waals surface area contributed by atoms with Crippen molar-refractivity contribution in [1.29, 1.82) is 0 Å². The molecule has 0 aliphatic carbocycles. The first-order valence-corrected chi connectivity index (χ1v) is 12.0. The molecule has 3 aromatic carbocycles. The van der Waals surface area contributed by atoms with Crippen LogP contribution in [0.25, 0.3) is 10.9 Å². The van der Waals surface area contributed by atoms with Gasteiger partial charge in [-0.25, -0.2) is 4.39 Å². The average Bonchev–Trinajstić information content (AvgIpc) is 2.89. The van der Waals surface area contributed by atoms with Crippen molar-refractivity contribution in [3.63, 3.8) is 0 Å². The number of anilines is 1. The van der Waals surface area contributed by atoms with Crippen molar-refractivity contribution in [2.24, 2.45) is 0 Å². The van der Waals surface area contributed by atoms with Gasteiger partial charge in [-0.2, -0.15) is 0 Å². The molecule has 1 saturated heterocycles. The van der Waals surface area contributed by atoms with Gasteiger partial charge in [0.25, 0.3) is 0 Å². The topological polar surface area (TPSA) is 28.6 Å². The highest BCUT2D eigenvalue weighted by molar-refractivity contribution is 5.79. The monoisotopic (exact) mass is 455 g/mol. The maximum absolute atomic E-state index is 13.1. The summed E-state index contributed by atoms with van der Waals surface area (Å²) < 4.78 is 19.1. The summed E-state index contributed by atoms with van der Waals surface area (Å²) in [5.41, 5.74) is 4.65. The Bertz CT molecular complexity index is 1200. The summed E-state index contributed by atoms with van der Waals surface area (Å²) in [6.07, 6.45) is 3.66. The van der Waals surface area contributed by atoms with Crippen molar-refractivity contribution in [1.82, 2.24) is 9.88 Å². The van der Waals surface area contributed by atoms with Crippen LogP contribution in [0.2, 0.25) is 0 Å². The molecule has 0 unspecified atom stereocenters. The Labute approximate surface area is 200 Å². The third-order valence-corrected chi connectivity index (χ3v) is 6.46. The van der Waals surface area contributed by atoms with Crippen LogP contribution in [0.1, 0.15) is 17.5 Å². The standard InChI is InChI=1S/C29H30FN3O/c30-26-8-4-23(5-9-26)21-24-6-10-27(11-7-24)33-18-16-32(17-19-33)15-2-20-34-28-12-13-29-25(22-28)3-1-14-31-29/h1,3-14,22H,2,15-21H2. The second-order valence-electron chi connectivity index (χ2n) is 8.86. The summed E-state index contributed by atoms with van der Waals surface area (Å²) in [5.74, 6) is 0.724. The van der Waals surface area contributed by atoms with Gasteiger partial charge in [0.2, 0.25) is 0 Å². The molecule has 0 amide bonds. The van der Waals surface area contributed by atoms with Gasteiger partial charge in [-0.3, -0.25) is 9.88 Å². The van der Waals surface area contributed by atoms with Gasteiger partial charge >= 0.3 is 0 Å². The molecular weight excluding hydrogens is 425 g/mol. The molecule has 0 radical (unpaired) electrons. The maximum Gasteiger partial charge on any atom is 0.123 e. The van der Waals surface area contributed by atoms with Gasteiger partial charge in [-0.1, -0.05) is 30.3 Å². The molecule has 1 aliphatic heterocycles. The van der Waals surface area contributed by atoms with Crippen molar-refractivity contribution in [3.05, 3.63) is 102 Å². The van der Waals surface area contributed by atoms with Crippen LogP contribution in [0.15, 0.2) is 85.1 Å². The van der Waals surface area contributed by atoms with E-state index in [0.717, 1.165) is 74.4 Å². The Kier molecular flexibility index (Phi) is 7.01. The molecule has 1 aromatic heterocycles. The zero-order chi connectivity index (χ0) is 23.2. The Morgan fingerprint density at radius 2 is 1.56 bits per heavy atom. The van der Waals surface area contributed by atoms with Gasteiger partial charge in [-0.05, 0) is 72.5 Å². The quantitative estimate of drug-likeness (QED) is 0.326. The van der Waals surface area contributed by atoms with Crippen LogP contribution < -0.4 is 9.64 Å². The first kappa shape index (κ1) is 22.4. The zero-order valence-corrected chi connectivity index (χ0v) is 19.4. The molecule has 34 heavy (non-hydrogen) atoms. The van der Waals surface area contributed by atoms with Crippen LogP contribution in [0, 0.1) is 5.82 Å². The first-order chi connectivity index (χ1) is 16.7. The van der Waals surface area contributed by atoms with Gasteiger partial charge in [0.15, 0.2) is 0 Å². The number of aromatic nitrogens is 1. The van der Waals surface area contributed by atoms with Crippen LogP contribution in [0.3, 0.4) is 0 Å². The lowest BCUT2D eigenvalue weighted by Gasteiger charge is -2.36. The fourth-order valence-corrected chi connectivity index (χ4v) is 4.51. The lowest BCUT2D eigenvalue weighted by atomic mass is 10.0. The molecule has 2 heterocycles. The third-order valence-electron chi connectivity index (χ3n) is 6.46. The van der Waals surface area contributed by atoms with Crippen molar-refractivity contribution in [2.45, 2.75) is 12.8 Å². The van der Waals surface area contributed by atoms with E-state index >= 15 is 0 Å². The van der Waals surface area contributed by atoms with E-state index in [0.29, 0.717) is 0 Å². The molecule has 4 nitrogen and oxygen atoms in total. The van der Waals surface area contributed by atoms with Gasteiger partial charge in [0.05, 0.1) is 12.1 Å². The molecular formula is C29H30FN3O. The van der Waals surface area contributed by atoms with Crippen molar-refractivity contribution in [2.75, 3.05) is 44.2 Å². The second-order valence-corrected chi connectivity index (χ2v) is 8.86. The molecule has 1 fully saturated rings. The molecule has 174 valence electrons. The molecule has 0 spiro atoms. The van der Waals surface area contributed by atoms with Crippen LogP contribution in [0.4, 0.5) is 10.1 Å². The van der Waals surface area contributed by atoms with E-state index in [9.17, 15) is 4.39 Å². The van der Waals surface area contributed by atoms with Crippen LogP contribution in [-0.4, -0.2) is 49.2 Å². The van der Waals surface area contributed by atoms with Gasteiger partial charge < -0.3 is 9.64 Å². The summed E-state index contributed by atoms with van der Waals surface area (Å²) in [6, 6.07) is 25.6. The smallest absolute Gasteiger partial charge is 0.123 e. The van der Waals surface area contributed by atoms with Gasteiger partial charge in [0.1, 0.15) is 11.6 Å². The molecule has 0 saturated carbocycles. The lowest BCUT2D eigenvalue weighted by Crippen LogP contribution is -2.46. The molecule has 0 N–H and O–H groups in total. The number of hydrogen-bond donors (Lipinski definition) is 0. The van der Waals surface area contributed by atoms with E-state index in [2.05, 4.69) is 51.2 Å². The summed E-state index contributed by atoms with van der Waals surface area (Å²) in [7, 11) is 0. The van der Waals surface area contributed by atoms with Gasteiger partial charge in [-0.15, -0.1) is 0 Å². The number of halogens is 1. The van der Waals surface area contributed by atoms with Crippen LogP contribution in [0.5, 0.6) is 5.75 Å². The van der Waals surface area contributed by atoms with Crippen molar-refractivity contribution < 1.29 is 9.13 Å². The van der Waals surface area contributed by atoms with E-state index in [1.54, 1.807) is 0 Å². The minimum Gasteiger partial charge on any atom is -0.494 e. The normalized spacial score (nSPS) is 14.4. The third kappa shape index (κ3) is 5.72. The van der Waals surface area contributed by atoms with E-state index in [1.807, 2.05) is 36.5 Å². The molecule has 4 aromatic rings. The van der Waals surface area contributed by atoms with E-state index in [-0.39, 0.29) is 5.82 Å². The molecule has 0 atom stereocenters. The average molecular weight is 456 g/mol. The molecule has 1 aliphatic rings. The van der Waals surface area contributed by atoms with Gasteiger partial charge in [0, 0.05) is 50.0 Å². The number of ether oxygens (including phenoxy) is 1. The number of rotatable bonds is 8. The number of benzene rings is 3. The summed E-state index contributed by atoms with van der Waals surface area (Å²) >= 11 is 0. The number of piperazine rings is 1. The van der Waals surface area contributed by atoms with E-state index < -0.39 is 0 Å². The van der Waals surface area contributed by atoms with Crippen molar-refractivity contribution >= 4 is 16.6 Å². The van der Waals surface area contributed by atoms with Crippen LogP contribution >= 0.6 is 0 Å². The SMILES string of the molecule is Fc1ccc(Cc2ccc(N3CCN(CCCOc4ccc5ncccc5c4)CC3)cc2)cc1. The Balaban J connectivity index is 1.04. The Morgan fingerprint density at radius 3 is 2.32 bits per heavy atom. The molecule has 5 heteroatoms. The predicted molar refractivity (Wildman–Crippen MR) is 136 cm³/mol. The highest BCUT2D eigenvalue weighted by Gasteiger charge is 2.17. The van der Waals surface area contributed by atoms with E-state index in [4.69, 9.17) is 4.74 Å². The molecule has 5 rings (SSSR count). The summed E-state index contributed by atoms with van der Waals surface area (Å²) in [6.45, 7) is 5.99. The molecule has 0 bridgehead atoms. The fourth-order valence-electron chi connectivity index (χ4n) is 4.51. The minimum absolute atomic E-state index is 0.187. The highest BCUT2D eigenvalue weighted by Crippen LogP contribution is 2.21. The number of fused-ring (bicyclic) bond motifs is 1. The Morgan fingerprint density at radius 1 is 0.824 bits per heavy atom. The summed E-state index contributed by atoms with van der Waals surface area (Å²) in [4.78, 5) is 9.33. The largest absolute Gasteiger partial charge is 0.494 e. The zero-order valence-electron chi connectivity index (χ0n) is 19.4. The van der Waals surface area contributed by atoms with Crippen LogP contribution in [-0.2, 0) is 6.42 Å². The van der Waals surface area contributed by atoms with E-state index in [1.165, 1.54) is 23.4 Å². The van der Waals surface area contributed by atoms with Crippen molar-refractivity contribution in [3.8, 4) is 5.75 Å². The predicted octanol–water partition coefficient (Wildman–Crippen LogP) is 5.56.